The van der Waals surface area contributed by atoms with E-state index < -0.39 is 17.7 Å². The van der Waals surface area contributed by atoms with Crippen molar-refractivity contribution in [3.05, 3.63) is 0 Å². The molecule has 0 fully saturated rings. The van der Waals surface area contributed by atoms with Crippen LogP contribution in [0, 0.1) is 0 Å². The zero-order valence-electron chi connectivity index (χ0n) is 11.8. The van der Waals surface area contributed by atoms with Crippen LogP contribution in [0.3, 0.4) is 0 Å². The van der Waals surface area contributed by atoms with Crippen LogP contribution >= 0.6 is 0 Å². The van der Waals surface area contributed by atoms with Crippen LogP contribution < -0.4 is 5.32 Å². The molecule has 0 aromatic rings. The van der Waals surface area contributed by atoms with Crippen LogP contribution in [0.2, 0.25) is 0 Å². The standard InChI is InChI=1S/C12H21NO6/c1-5-10(15)18-7-12(17-4,13-9(3)14)8-19-11(16)6-2/h5-8H2,1-4H3,(H,13,14). The molecule has 19 heavy (non-hydrogen) atoms. The van der Waals surface area contributed by atoms with Crippen LogP contribution in [0.1, 0.15) is 33.6 Å². The molecule has 0 heterocycles. The first-order valence-electron chi connectivity index (χ1n) is 6.04. The molecule has 7 nitrogen and oxygen atoms in total. The molecule has 0 rings (SSSR count). The number of hydrogen-bond acceptors (Lipinski definition) is 6. The summed E-state index contributed by atoms with van der Waals surface area (Å²) in [6.07, 6.45) is 0.406. The van der Waals surface area contributed by atoms with E-state index in [1.54, 1.807) is 13.8 Å². The highest BCUT2D eigenvalue weighted by molar-refractivity contribution is 5.74. The largest absolute Gasteiger partial charge is 0.460 e. The molecule has 0 aliphatic carbocycles. The molecule has 0 saturated carbocycles. The molecule has 0 unspecified atom stereocenters. The summed E-state index contributed by atoms with van der Waals surface area (Å²) >= 11 is 0. The van der Waals surface area contributed by atoms with E-state index in [1.165, 1.54) is 14.0 Å². The molecular weight excluding hydrogens is 254 g/mol. The Morgan fingerprint density at radius 1 is 1.00 bits per heavy atom. The van der Waals surface area contributed by atoms with Crippen molar-refractivity contribution in [3.8, 4) is 0 Å². The van der Waals surface area contributed by atoms with Crippen LogP contribution in [-0.4, -0.2) is 43.9 Å². The van der Waals surface area contributed by atoms with Crippen LogP contribution in [0.5, 0.6) is 0 Å². The van der Waals surface area contributed by atoms with E-state index in [0.717, 1.165) is 0 Å². The number of esters is 2. The maximum atomic E-state index is 11.2. The highest BCUT2D eigenvalue weighted by atomic mass is 16.6. The molecule has 0 aliphatic rings. The van der Waals surface area contributed by atoms with Crippen molar-refractivity contribution in [2.75, 3.05) is 20.3 Å². The minimum Gasteiger partial charge on any atom is -0.460 e. The van der Waals surface area contributed by atoms with Crippen LogP contribution in [0.25, 0.3) is 0 Å². The van der Waals surface area contributed by atoms with Crippen molar-refractivity contribution < 1.29 is 28.6 Å². The topological polar surface area (TPSA) is 90.9 Å². The van der Waals surface area contributed by atoms with Gasteiger partial charge in [-0.25, -0.2) is 0 Å². The van der Waals surface area contributed by atoms with Crippen LogP contribution in [-0.2, 0) is 28.6 Å². The first-order valence-corrected chi connectivity index (χ1v) is 6.04. The van der Waals surface area contributed by atoms with Crippen molar-refractivity contribution in [1.82, 2.24) is 5.32 Å². The summed E-state index contributed by atoms with van der Waals surface area (Å²) in [5.41, 5.74) is -1.36. The molecule has 0 saturated heterocycles. The monoisotopic (exact) mass is 275 g/mol. The molecule has 1 amide bonds. The van der Waals surface area contributed by atoms with Crippen LogP contribution in [0.4, 0.5) is 0 Å². The van der Waals surface area contributed by atoms with Gasteiger partial charge in [-0.15, -0.1) is 0 Å². The third-order valence-electron chi connectivity index (χ3n) is 2.30. The molecule has 110 valence electrons. The fraction of sp³-hybridized carbons (Fsp3) is 0.750. The third-order valence-corrected chi connectivity index (χ3v) is 2.30. The van der Waals surface area contributed by atoms with Gasteiger partial charge in [0.05, 0.1) is 0 Å². The van der Waals surface area contributed by atoms with Gasteiger partial charge in [-0.2, -0.15) is 0 Å². The quantitative estimate of drug-likeness (QED) is 0.508. The number of hydrogen-bond donors (Lipinski definition) is 1. The van der Waals surface area contributed by atoms with Crippen molar-refractivity contribution in [2.24, 2.45) is 0 Å². The number of carbonyl (C=O) groups is 3. The molecule has 0 bridgehead atoms. The zero-order valence-corrected chi connectivity index (χ0v) is 11.8. The predicted molar refractivity (Wildman–Crippen MR) is 66.1 cm³/mol. The molecule has 0 aromatic carbocycles. The molecule has 7 heteroatoms. The van der Waals surface area contributed by atoms with Gasteiger partial charge in [0.2, 0.25) is 11.6 Å². The number of methoxy groups -OCH3 is 1. The van der Waals surface area contributed by atoms with Gasteiger partial charge >= 0.3 is 11.9 Å². The van der Waals surface area contributed by atoms with E-state index in [-0.39, 0.29) is 32.0 Å². The second kappa shape index (κ2) is 8.47. The van der Waals surface area contributed by atoms with Crippen LogP contribution in [0.15, 0.2) is 0 Å². The number of carbonyl (C=O) groups excluding carboxylic acids is 3. The number of rotatable bonds is 8. The molecule has 0 aromatic heterocycles. The second-order valence-electron chi connectivity index (χ2n) is 3.91. The Morgan fingerprint density at radius 2 is 1.42 bits per heavy atom. The number of ether oxygens (including phenoxy) is 3. The van der Waals surface area contributed by atoms with Gasteiger partial charge in [0.1, 0.15) is 13.2 Å². The third kappa shape index (κ3) is 6.76. The maximum Gasteiger partial charge on any atom is 0.305 e. The Hall–Kier alpha value is -1.63. The van der Waals surface area contributed by atoms with Gasteiger partial charge in [0.15, 0.2) is 0 Å². The summed E-state index contributed by atoms with van der Waals surface area (Å²) in [7, 11) is 1.33. The molecule has 0 radical (unpaired) electrons. The Labute approximate surface area is 112 Å². The Kier molecular flexibility index (Phi) is 7.74. The Bertz CT molecular complexity index is 308. The fourth-order valence-corrected chi connectivity index (χ4v) is 1.20. The maximum absolute atomic E-state index is 11.2. The average Bonchev–Trinajstić information content (AvgIpc) is 2.40. The van der Waals surface area contributed by atoms with E-state index in [0.29, 0.717) is 0 Å². The highest BCUT2D eigenvalue weighted by Crippen LogP contribution is 2.09. The van der Waals surface area contributed by atoms with Crippen molar-refractivity contribution >= 4 is 17.8 Å². The van der Waals surface area contributed by atoms with E-state index >= 15 is 0 Å². The first kappa shape index (κ1) is 17.4. The summed E-state index contributed by atoms with van der Waals surface area (Å²) in [5, 5.41) is 2.49. The van der Waals surface area contributed by atoms with E-state index in [9.17, 15) is 14.4 Å². The van der Waals surface area contributed by atoms with E-state index in [1.807, 2.05) is 0 Å². The van der Waals surface area contributed by atoms with Gasteiger partial charge in [-0.1, -0.05) is 13.8 Å². The predicted octanol–water partition coefficient (Wildman–Crippen LogP) is 0.372. The molecule has 1 N–H and O–H groups in total. The lowest BCUT2D eigenvalue weighted by molar-refractivity contribution is -0.175. The first-order chi connectivity index (χ1) is 8.89. The lowest BCUT2D eigenvalue weighted by Crippen LogP contribution is -2.56. The minimum absolute atomic E-state index is 0.203. The Morgan fingerprint density at radius 3 is 1.68 bits per heavy atom. The fourth-order valence-electron chi connectivity index (χ4n) is 1.20. The Balaban J connectivity index is 4.71. The summed E-state index contributed by atoms with van der Waals surface area (Å²) in [5.74, 6) is -1.26. The van der Waals surface area contributed by atoms with Crippen molar-refractivity contribution in [2.45, 2.75) is 39.3 Å². The minimum atomic E-state index is -1.36. The van der Waals surface area contributed by atoms with Gasteiger partial charge in [0.25, 0.3) is 0 Å². The van der Waals surface area contributed by atoms with Gasteiger partial charge in [0, 0.05) is 26.9 Å². The summed E-state index contributed by atoms with van der Waals surface area (Å²) in [4.78, 5) is 33.5. The lowest BCUT2D eigenvalue weighted by Gasteiger charge is -2.31. The van der Waals surface area contributed by atoms with Crippen molar-refractivity contribution in [1.29, 1.82) is 0 Å². The number of amides is 1. The highest BCUT2D eigenvalue weighted by Gasteiger charge is 2.34. The number of nitrogens with one attached hydrogen (secondary N) is 1. The zero-order chi connectivity index (χ0) is 14.9. The summed E-state index contributed by atoms with van der Waals surface area (Å²) in [6, 6.07) is 0. The van der Waals surface area contributed by atoms with Gasteiger partial charge in [-0.05, 0) is 0 Å². The smallest absolute Gasteiger partial charge is 0.305 e. The summed E-state index contributed by atoms with van der Waals surface area (Å²) < 4.78 is 15.0. The molecule has 0 aliphatic heterocycles. The second-order valence-corrected chi connectivity index (χ2v) is 3.91. The normalized spacial score (nSPS) is 10.7. The average molecular weight is 275 g/mol. The molecule has 0 atom stereocenters. The van der Waals surface area contributed by atoms with E-state index in [4.69, 9.17) is 14.2 Å². The SMILES string of the molecule is CCC(=O)OCC(COC(=O)CC)(NC(C)=O)OC. The summed E-state index contributed by atoms with van der Waals surface area (Å²) in [6.45, 7) is 4.12. The molecular formula is C12H21NO6. The van der Waals surface area contributed by atoms with Gasteiger partial charge in [-0.3, -0.25) is 14.4 Å². The van der Waals surface area contributed by atoms with E-state index in [2.05, 4.69) is 5.32 Å². The lowest BCUT2D eigenvalue weighted by atomic mass is 10.2. The van der Waals surface area contributed by atoms with Crippen molar-refractivity contribution in [3.63, 3.8) is 0 Å². The molecule has 0 spiro atoms. The van der Waals surface area contributed by atoms with Gasteiger partial charge < -0.3 is 19.5 Å².